The van der Waals surface area contributed by atoms with E-state index in [1.165, 1.54) is 38.5 Å². The first-order valence-electron chi connectivity index (χ1n) is 7.59. The van der Waals surface area contributed by atoms with Crippen molar-refractivity contribution in [2.24, 2.45) is 11.8 Å². The van der Waals surface area contributed by atoms with Gasteiger partial charge < -0.3 is 10.4 Å². The summed E-state index contributed by atoms with van der Waals surface area (Å²) in [6, 6.07) is 0. The highest BCUT2D eigenvalue weighted by molar-refractivity contribution is 5.76. The first kappa shape index (κ1) is 16.0. The van der Waals surface area contributed by atoms with Gasteiger partial charge in [-0.25, -0.2) is 0 Å². The zero-order chi connectivity index (χ0) is 14.1. The Morgan fingerprint density at radius 2 is 1.95 bits per heavy atom. The fourth-order valence-corrected chi connectivity index (χ4v) is 2.67. The third kappa shape index (κ3) is 7.19. The molecule has 0 heterocycles. The predicted molar refractivity (Wildman–Crippen MR) is 74.9 cm³/mol. The lowest BCUT2D eigenvalue weighted by molar-refractivity contribution is -0.141. The van der Waals surface area contributed by atoms with Gasteiger partial charge in [0.2, 0.25) is 5.91 Å². The second kappa shape index (κ2) is 8.94. The van der Waals surface area contributed by atoms with Crippen LogP contribution >= 0.6 is 0 Å². The van der Waals surface area contributed by atoms with Gasteiger partial charge in [0.05, 0.1) is 5.92 Å². The van der Waals surface area contributed by atoms with Gasteiger partial charge in [-0.15, -0.1) is 0 Å². The maximum Gasteiger partial charge on any atom is 0.306 e. The number of carbonyl (C=O) groups is 2. The maximum atomic E-state index is 11.6. The molecule has 1 atom stereocenters. The van der Waals surface area contributed by atoms with Gasteiger partial charge in [-0.3, -0.25) is 9.59 Å². The average molecular weight is 269 g/mol. The van der Waals surface area contributed by atoms with Gasteiger partial charge >= 0.3 is 5.97 Å². The van der Waals surface area contributed by atoms with E-state index in [-0.39, 0.29) is 11.8 Å². The summed E-state index contributed by atoms with van der Waals surface area (Å²) >= 11 is 0. The molecule has 19 heavy (non-hydrogen) atoms. The summed E-state index contributed by atoms with van der Waals surface area (Å²) in [5.41, 5.74) is 0. The zero-order valence-electron chi connectivity index (χ0n) is 12.0. The van der Waals surface area contributed by atoms with Crippen LogP contribution in [0.15, 0.2) is 0 Å². The average Bonchev–Trinajstić information content (AvgIpc) is 2.39. The lowest BCUT2D eigenvalue weighted by Gasteiger charge is -2.21. The summed E-state index contributed by atoms with van der Waals surface area (Å²) < 4.78 is 0. The number of hydrogen-bond acceptors (Lipinski definition) is 2. The Labute approximate surface area is 116 Å². The molecule has 0 aromatic heterocycles. The Balaban J connectivity index is 1.99. The topological polar surface area (TPSA) is 66.4 Å². The van der Waals surface area contributed by atoms with Crippen molar-refractivity contribution in [1.82, 2.24) is 5.32 Å². The van der Waals surface area contributed by atoms with Crippen LogP contribution in [0.5, 0.6) is 0 Å². The third-order valence-electron chi connectivity index (χ3n) is 4.06. The normalized spacial score (nSPS) is 17.9. The second-order valence-corrected chi connectivity index (χ2v) is 5.77. The van der Waals surface area contributed by atoms with Crippen LogP contribution in [-0.2, 0) is 9.59 Å². The number of carboxylic acid groups (broad SMARTS) is 1. The van der Waals surface area contributed by atoms with Crippen molar-refractivity contribution in [3.63, 3.8) is 0 Å². The summed E-state index contributed by atoms with van der Waals surface area (Å²) in [5.74, 6) is -0.295. The number of carboxylic acids is 1. The fourth-order valence-electron chi connectivity index (χ4n) is 2.67. The van der Waals surface area contributed by atoms with Gasteiger partial charge in [-0.1, -0.05) is 39.0 Å². The number of carbonyl (C=O) groups excluding carboxylic acids is 1. The molecule has 1 fully saturated rings. The van der Waals surface area contributed by atoms with Crippen molar-refractivity contribution < 1.29 is 14.7 Å². The van der Waals surface area contributed by atoms with Crippen LogP contribution in [0, 0.1) is 11.8 Å². The van der Waals surface area contributed by atoms with E-state index in [4.69, 9.17) is 5.11 Å². The Morgan fingerprint density at radius 3 is 2.58 bits per heavy atom. The van der Waals surface area contributed by atoms with Gasteiger partial charge in [0.15, 0.2) is 0 Å². The summed E-state index contributed by atoms with van der Waals surface area (Å²) in [4.78, 5) is 22.2. The minimum atomic E-state index is -0.799. The number of rotatable bonds is 8. The van der Waals surface area contributed by atoms with Crippen molar-refractivity contribution in [3.8, 4) is 0 Å². The van der Waals surface area contributed by atoms with Crippen LogP contribution in [0.3, 0.4) is 0 Å². The van der Waals surface area contributed by atoms with Gasteiger partial charge in [0.1, 0.15) is 0 Å². The Morgan fingerprint density at radius 1 is 1.26 bits per heavy atom. The van der Waals surface area contributed by atoms with E-state index >= 15 is 0 Å². The molecule has 0 aliphatic heterocycles. The number of aliphatic carboxylic acids is 1. The van der Waals surface area contributed by atoms with Crippen molar-refractivity contribution >= 4 is 11.9 Å². The molecular weight excluding hydrogens is 242 g/mol. The van der Waals surface area contributed by atoms with Crippen LogP contribution in [0.1, 0.15) is 64.7 Å². The molecule has 0 bridgehead atoms. The van der Waals surface area contributed by atoms with Crippen LogP contribution in [0.25, 0.3) is 0 Å². The van der Waals surface area contributed by atoms with E-state index in [0.29, 0.717) is 19.4 Å². The summed E-state index contributed by atoms with van der Waals surface area (Å²) in [5, 5.41) is 11.5. The number of hydrogen-bond donors (Lipinski definition) is 2. The summed E-state index contributed by atoms with van der Waals surface area (Å²) in [6.07, 6.45) is 9.95. The quantitative estimate of drug-likeness (QED) is 0.712. The molecule has 1 aliphatic carbocycles. The lowest BCUT2D eigenvalue weighted by atomic mass is 9.86. The first-order chi connectivity index (χ1) is 9.09. The molecule has 2 N–H and O–H groups in total. The van der Waals surface area contributed by atoms with Crippen molar-refractivity contribution in [2.75, 3.05) is 6.54 Å². The smallest absolute Gasteiger partial charge is 0.306 e. The summed E-state index contributed by atoms with van der Waals surface area (Å²) in [6.45, 7) is 2.13. The lowest BCUT2D eigenvalue weighted by Crippen LogP contribution is -2.26. The molecule has 0 aromatic rings. The van der Waals surface area contributed by atoms with Gasteiger partial charge in [-0.2, -0.15) is 0 Å². The molecule has 0 radical (unpaired) electrons. The summed E-state index contributed by atoms with van der Waals surface area (Å²) in [7, 11) is 0. The molecular formula is C15H27NO3. The SMILES string of the molecule is CC(CCNC(=O)CCCC1CCCCC1)C(=O)O. The molecule has 0 aromatic carbocycles. The van der Waals surface area contributed by atoms with Gasteiger partial charge in [-0.05, 0) is 25.2 Å². The minimum absolute atomic E-state index is 0.0633. The molecule has 0 saturated heterocycles. The van der Waals surface area contributed by atoms with Crippen molar-refractivity contribution in [2.45, 2.75) is 64.7 Å². The zero-order valence-corrected chi connectivity index (χ0v) is 12.0. The highest BCUT2D eigenvalue weighted by Gasteiger charge is 2.14. The number of amides is 1. The molecule has 0 spiro atoms. The molecule has 1 amide bonds. The Kier molecular flexibility index (Phi) is 7.53. The monoisotopic (exact) mass is 269 g/mol. The molecule has 1 rings (SSSR count). The van der Waals surface area contributed by atoms with Crippen LogP contribution in [0.2, 0.25) is 0 Å². The van der Waals surface area contributed by atoms with Crippen LogP contribution in [-0.4, -0.2) is 23.5 Å². The van der Waals surface area contributed by atoms with E-state index in [2.05, 4.69) is 5.32 Å². The van der Waals surface area contributed by atoms with Gasteiger partial charge in [0.25, 0.3) is 0 Å². The predicted octanol–water partition coefficient (Wildman–Crippen LogP) is 2.96. The van der Waals surface area contributed by atoms with Crippen molar-refractivity contribution in [1.29, 1.82) is 0 Å². The highest BCUT2D eigenvalue weighted by Crippen LogP contribution is 2.27. The Hall–Kier alpha value is -1.06. The minimum Gasteiger partial charge on any atom is -0.481 e. The molecule has 1 unspecified atom stereocenters. The highest BCUT2D eigenvalue weighted by atomic mass is 16.4. The molecule has 4 heteroatoms. The Bertz CT molecular complexity index is 285. The second-order valence-electron chi connectivity index (χ2n) is 5.77. The molecule has 110 valence electrons. The third-order valence-corrected chi connectivity index (χ3v) is 4.06. The molecule has 1 aliphatic rings. The maximum absolute atomic E-state index is 11.6. The van der Waals surface area contributed by atoms with E-state index in [1.54, 1.807) is 6.92 Å². The van der Waals surface area contributed by atoms with Crippen LogP contribution < -0.4 is 5.32 Å². The number of nitrogens with one attached hydrogen (secondary N) is 1. The van der Waals surface area contributed by atoms with E-state index < -0.39 is 5.97 Å². The largest absolute Gasteiger partial charge is 0.481 e. The van der Waals surface area contributed by atoms with E-state index in [1.807, 2.05) is 0 Å². The van der Waals surface area contributed by atoms with E-state index in [9.17, 15) is 9.59 Å². The van der Waals surface area contributed by atoms with E-state index in [0.717, 1.165) is 12.3 Å². The standard InChI is InChI=1S/C15H27NO3/c1-12(15(18)19)10-11-16-14(17)9-5-8-13-6-3-2-4-7-13/h12-13H,2-11H2,1H3,(H,16,17)(H,18,19). The molecule has 4 nitrogen and oxygen atoms in total. The fraction of sp³-hybridized carbons (Fsp3) is 0.867. The van der Waals surface area contributed by atoms with Crippen molar-refractivity contribution in [3.05, 3.63) is 0 Å². The van der Waals surface area contributed by atoms with Crippen LogP contribution in [0.4, 0.5) is 0 Å². The molecule has 1 saturated carbocycles. The van der Waals surface area contributed by atoms with Gasteiger partial charge in [0, 0.05) is 13.0 Å². The first-order valence-corrected chi connectivity index (χ1v) is 7.59.